The summed E-state index contributed by atoms with van der Waals surface area (Å²) >= 11 is 0. The summed E-state index contributed by atoms with van der Waals surface area (Å²) in [7, 11) is 0. The standard InChI is InChI=1S/C13H22N2O/c1-9(2)7-11-10(3)14-12(15-11)13(8-16)5-4-6-13/h9,16H,4-8H2,1-3H3,(H,14,15). The fourth-order valence-corrected chi connectivity index (χ4v) is 2.41. The Hall–Kier alpha value is -0.830. The van der Waals surface area contributed by atoms with Gasteiger partial charge in [0.25, 0.3) is 0 Å². The van der Waals surface area contributed by atoms with E-state index in [0.29, 0.717) is 5.92 Å². The molecule has 0 aromatic carbocycles. The largest absolute Gasteiger partial charge is 0.395 e. The third-order valence-electron chi connectivity index (χ3n) is 3.70. The van der Waals surface area contributed by atoms with Crippen LogP contribution in [0.3, 0.4) is 0 Å². The molecule has 0 atom stereocenters. The van der Waals surface area contributed by atoms with Crippen LogP contribution in [0.1, 0.15) is 50.3 Å². The Balaban J connectivity index is 2.23. The molecule has 0 unspecified atom stereocenters. The fraction of sp³-hybridized carbons (Fsp3) is 0.769. The van der Waals surface area contributed by atoms with Gasteiger partial charge in [-0.1, -0.05) is 20.3 Å². The second-order valence-electron chi connectivity index (χ2n) is 5.55. The Kier molecular flexibility index (Phi) is 3.06. The average Bonchev–Trinajstić information content (AvgIpc) is 2.46. The van der Waals surface area contributed by atoms with Crippen LogP contribution in [-0.4, -0.2) is 21.7 Å². The predicted octanol–water partition coefficient (Wildman–Crippen LogP) is 2.33. The Labute approximate surface area is 97.3 Å². The van der Waals surface area contributed by atoms with Crippen molar-refractivity contribution < 1.29 is 5.11 Å². The zero-order valence-corrected chi connectivity index (χ0v) is 10.5. The van der Waals surface area contributed by atoms with Crippen LogP contribution >= 0.6 is 0 Å². The SMILES string of the molecule is Cc1[nH]c(C2(CO)CCC2)nc1CC(C)C. The van der Waals surface area contributed by atoms with E-state index in [0.717, 1.165) is 25.1 Å². The van der Waals surface area contributed by atoms with Crippen LogP contribution in [0.25, 0.3) is 0 Å². The van der Waals surface area contributed by atoms with Crippen molar-refractivity contribution in [3.05, 3.63) is 17.2 Å². The first-order valence-electron chi connectivity index (χ1n) is 6.24. The molecule has 1 aliphatic carbocycles. The van der Waals surface area contributed by atoms with E-state index in [4.69, 9.17) is 4.98 Å². The van der Waals surface area contributed by atoms with Gasteiger partial charge in [0.05, 0.1) is 17.7 Å². The van der Waals surface area contributed by atoms with Crippen LogP contribution in [0, 0.1) is 12.8 Å². The number of hydrogen-bond acceptors (Lipinski definition) is 2. The molecule has 1 aromatic rings. The maximum absolute atomic E-state index is 9.51. The molecule has 3 nitrogen and oxygen atoms in total. The van der Waals surface area contributed by atoms with Crippen LogP contribution < -0.4 is 0 Å². The van der Waals surface area contributed by atoms with Gasteiger partial charge in [-0.3, -0.25) is 0 Å². The van der Waals surface area contributed by atoms with Crippen molar-refractivity contribution in [1.29, 1.82) is 0 Å². The Morgan fingerprint density at radius 1 is 1.44 bits per heavy atom. The molecule has 0 saturated heterocycles. The molecular formula is C13H22N2O. The summed E-state index contributed by atoms with van der Waals surface area (Å²) in [4.78, 5) is 8.07. The van der Waals surface area contributed by atoms with Gasteiger partial charge >= 0.3 is 0 Å². The van der Waals surface area contributed by atoms with Crippen molar-refractivity contribution in [2.24, 2.45) is 5.92 Å². The highest BCUT2D eigenvalue weighted by Gasteiger charge is 2.41. The minimum atomic E-state index is -0.0556. The topological polar surface area (TPSA) is 48.9 Å². The zero-order valence-electron chi connectivity index (χ0n) is 10.5. The van der Waals surface area contributed by atoms with E-state index >= 15 is 0 Å². The second-order valence-corrected chi connectivity index (χ2v) is 5.55. The van der Waals surface area contributed by atoms with Crippen molar-refractivity contribution in [3.63, 3.8) is 0 Å². The first-order chi connectivity index (χ1) is 7.57. The molecule has 1 fully saturated rings. The number of hydrogen-bond donors (Lipinski definition) is 2. The Bertz CT molecular complexity index is 358. The van der Waals surface area contributed by atoms with Crippen LogP contribution in [0.4, 0.5) is 0 Å². The van der Waals surface area contributed by atoms with Crippen LogP contribution in [0.2, 0.25) is 0 Å². The molecule has 3 heteroatoms. The Morgan fingerprint density at radius 3 is 2.56 bits per heavy atom. The molecule has 0 spiro atoms. The quantitative estimate of drug-likeness (QED) is 0.821. The zero-order chi connectivity index (χ0) is 11.8. The summed E-state index contributed by atoms with van der Waals surface area (Å²) in [6, 6.07) is 0. The van der Waals surface area contributed by atoms with E-state index < -0.39 is 0 Å². The van der Waals surface area contributed by atoms with Crippen molar-refractivity contribution in [3.8, 4) is 0 Å². The van der Waals surface area contributed by atoms with E-state index in [2.05, 4.69) is 25.8 Å². The predicted molar refractivity (Wildman–Crippen MR) is 64.5 cm³/mol. The molecule has 2 N–H and O–H groups in total. The lowest BCUT2D eigenvalue weighted by Crippen LogP contribution is -2.39. The molecule has 0 radical (unpaired) electrons. The van der Waals surface area contributed by atoms with E-state index in [-0.39, 0.29) is 12.0 Å². The maximum Gasteiger partial charge on any atom is 0.115 e. The highest BCUT2D eigenvalue weighted by molar-refractivity contribution is 5.21. The van der Waals surface area contributed by atoms with E-state index in [1.807, 2.05) is 0 Å². The lowest BCUT2D eigenvalue weighted by molar-refractivity contribution is 0.113. The molecule has 2 rings (SSSR count). The van der Waals surface area contributed by atoms with Crippen LogP contribution in [0.5, 0.6) is 0 Å². The third kappa shape index (κ3) is 1.88. The summed E-state index contributed by atoms with van der Waals surface area (Å²) in [6.07, 6.45) is 4.36. The van der Waals surface area contributed by atoms with Gasteiger partial charge in [-0.15, -0.1) is 0 Å². The number of aromatic amines is 1. The highest BCUT2D eigenvalue weighted by Crippen LogP contribution is 2.42. The van der Waals surface area contributed by atoms with E-state index in [9.17, 15) is 5.11 Å². The van der Waals surface area contributed by atoms with Gasteiger partial charge in [0, 0.05) is 5.69 Å². The third-order valence-corrected chi connectivity index (χ3v) is 3.70. The smallest absolute Gasteiger partial charge is 0.115 e. The summed E-state index contributed by atoms with van der Waals surface area (Å²) in [5.41, 5.74) is 2.29. The molecule has 1 aromatic heterocycles. The summed E-state index contributed by atoms with van der Waals surface area (Å²) in [5.74, 6) is 1.63. The number of imidazole rings is 1. The van der Waals surface area contributed by atoms with Gasteiger partial charge in [0.15, 0.2) is 0 Å². The number of aromatic nitrogens is 2. The lowest BCUT2D eigenvalue weighted by Gasteiger charge is -2.38. The van der Waals surface area contributed by atoms with Crippen molar-refractivity contribution in [2.75, 3.05) is 6.61 Å². The maximum atomic E-state index is 9.51. The minimum Gasteiger partial charge on any atom is -0.395 e. The van der Waals surface area contributed by atoms with Crippen molar-refractivity contribution in [1.82, 2.24) is 9.97 Å². The number of rotatable bonds is 4. The minimum absolute atomic E-state index is 0.0556. The first kappa shape index (κ1) is 11.6. The molecule has 16 heavy (non-hydrogen) atoms. The monoisotopic (exact) mass is 222 g/mol. The molecule has 0 amide bonds. The lowest BCUT2D eigenvalue weighted by atomic mass is 9.69. The van der Waals surface area contributed by atoms with Crippen LogP contribution in [-0.2, 0) is 11.8 Å². The molecule has 0 aliphatic heterocycles. The number of nitrogens with zero attached hydrogens (tertiary/aromatic N) is 1. The second kappa shape index (κ2) is 4.21. The molecule has 0 bridgehead atoms. The molecule has 1 heterocycles. The number of H-pyrrole nitrogens is 1. The number of aliphatic hydroxyl groups excluding tert-OH is 1. The van der Waals surface area contributed by atoms with Gasteiger partial charge in [-0.2, -0.15) is 0 Å². The first-order valence-corrected chi connectivity index (χ1v) is 6.24. The molecule has 1 aliphatic rings. The normalized spacial score (nSPS) is 18.8. The highest BCUT2D eigenvalue weighted by atomic mass is 16.3. The number of nitrogens with one attached hydrogen (secondary N) is 1. The van der Waals surface area contributed by atoms with Gasteiger partial charge in [0.2, 0.25) is 0 Å². The summed E-state index contributed by atoms with van der Waals surface area (Å²) < 4.78 is 0. The van der Waals surface area contributed by atoms with E-state index in [1.54, 1.807) is 0 Å². The number of aliphatic hydroxyl groups is 1. The summed E-state index contributed by atoms with van der Waals surface area (Å²) in [5, 5.41) is 9.51. The van der Waals surface area contributed by atoms with Crippen molar-refractivity contribution in [2.45, 2.75) is 51.9 Å². The van der Waals surface area contributed by atoms with Gasteiger partial charge in [-0.05, 0) is 32.1 Å². The molecule has 90 valence electrons. The Morgan fingerprint density at radius 2 is 2.12 bits per heavy atom. The summed E-state index contributed by atoms with van der Waals surface area (Å²) in [6.45, 7) is 6.72. The van der Waals surface area contributed by atoms with Crippen molar-refractivity contribution >= 4 is 0 Å². The van der Waals surface area contributed by atoms with Gasteiger partial charge in [0.1, 0.15) is 5.82 Å². The fourth-order valence-electron chi connectivity index (χ4n) is 2.41. The molecule has 1 saturated carbocycles. The average molecular weight is 222 g/mol. The molecular weight excluding hydrogens is 200 g/mol. The number of aryl methyl sites for hydroxylation is 1. The van der Waals surface area contributed by atoms with E-state index in [1.165, 1.54) is 17.8 Å². The van der Waals surface area contributed by atoms with Gasteiger partial charge < -0.3 is 10.1 Å². The van der Waals surface area contributed by atoms with Gasteiger partial charge in [-0.25, -0.2) is 4.98 Å². The van der Waals surface area contributed by atoms with Crippen LogP contribution in [0.15, 0.2) is 0 Å².